The molecule has 0 bridgehead atoms. The zero-order chi connectivity index (χ0) is 79.2. The van der Waals surface area contributed by atoms with Crippen molar-refractivity contribution in [2.75, 3.05) is 0 Å². The molecular weight excluding hydrogens is 1300 g/mol. The van der Waals surface area contributed by atoms with Gasteiger partial charge in [0.1, 0.15) is 0 Å². The van der Waals surface area contributed by atoms with Crippen molar-refractivity contribution >= 4 is 0 Å². The van der Waals surface area contributed by atoms with Crippen LogP contribution < -0.4 is 0 Å². The summed E-state index contributed by atoms with van der Waals surface area (Å²) < 4.78 is 0. The van der Waals surface area contributed by atoms with Gasteiger partial charge in [-0.25, -0.2) is 0 Å². The fraction of sp³-hybridized carbons (Fsp3) is 0.333. The fourth-order valence-electron chi connectivity index (χ4n) is 16.8. The summed E-state index contributed by atoms with van der Waals surface area (Å²) in [5.74, 6) is 1.74. The molecule has 0 saturated carbocycles. The topological polar surface area (TPSA) is 0 Å². The molecule has 0 radical (unpaired) electrons. The van der Waals surface area contributed by atoms with Gasteiger partial charge in [-0.2, -0.15) is 0 Å². The van der Waals surface area contributed by atoms with Crippen molar-refractivity contribution < 1.29 is 0 Å². The van der Waals surface area contributed by atoms with Crippen molar-refractivity contribution in [1.82, 2.24) is 0 Å². The van der Waals surface area contributed by atoms with Gasteiger partial charge in [-0.1, -0.05) is 433 Å². The van der Waals surface area contributed by atoms with Crippen LogP contribution in [0.25, 0.3) is 0 Å². The number of hydrogen-bond donors (Lipinski definition) is 0. The fourth-order valence-corrected chi connectivity index (χ4v) is 16.8. The molecule has 0 fully saturated rings. The molecule has 8 aliphatic rings. The van der Waals surface area contributed by atoms with Gasteiger partial charge < -0.3 is 0 Å². The van der Waals surface area contributed by atoms with Gasteiger partial charge in [0.2, 0.25) is 0 Å². The molecule has 568 valence electrons. The van der Waals surface area contributed by atoms with E-state index in [4.69, 9.17) is 0 Å². The summed E-state index contributed by atoms with van der Waals surface area (Å²) in [5.41, 5.74) is 42.4. The Balaban J connectivity index is 0.000000236. The highest BCUT2D eigenvalue weighted by molar-refractivity contribution is 5.67. The molecule has 108 heavy (non-hydrogen) atoms. The van der Waals surface area contributed by atoms with Gasteiger partial charge in [0.05, 0.1) is 0 Å². The molecule has 0 unspecified atom stereocenters. The maximum absolute atomic E-state index is 2.32. The average molecular weight is 1430 g/mol. The molecule has 0 nitrogen and oxygen atoms in total. The van der Waals surface area contributed by atoms with E-state index in [0.717, 1.165) is 51.4 Å². The number of benzene rings is 12. The standard InChI is InChI=1S/4C21H16.12C2H6/c4*1-3-10-18-14(6-1)12-16-8-5-9-17-13-15-7-2-4-11-19(15)21(18)20(16)17;12*1-2/h4*1-11,21H,12-13H2;12*1-2H3. The first kappa shape index (κ1) is 89.3. The maximum atomic E-state index is 2.32. The van der Waals surface area contributed by atoms with Gasteiger partial charge in [0.15, 0.2) is 0 Å². The predicted octanol–water partition coefficient (Wildman–Crippen LogP) is 31.0. The second kappa shape index (κ2) is 47.4. The van der Waals surface area contributed by atoms with E-state index in [9.17, 15) is 0 Å². The van der Waals surface area contributed by atoms with Gasteiger partial charge in [-0.05, 0) is 207 Å². The van der Waals surface area contributed by atoms with E-state index in [2.05, 4.69) is 267 Å². The molecule has 0 aliphatic heterocycles. The van der Waals surface area contributed by atoms with Crippen LogP contribution in [0.1, 0.15) is 346 Å². The van der Waals surface area contributed by atoms with E-state index >= 15 is 0 Å². The third-order valence-corrected chi connectivity index (χ3v) is 20.3. The lowest BCUT2D eigenvalue weighted by Gasteiger charge is -2.35. The van der Waals surface area contributed by atoms with Crippen molar-refractivity contribution in [3.8, 4) is 0 Å². The maximum Gasteiger partial charge on any atom is 0.0351 e. The largest absolute Gasteiger partial charge is 0.0683 e. The average Bonchev–Trinajstić information content (AvgIpc) is 0.756. The Morgan fingerprint density at radius 1 is 0.120 bits per heavy atom. The zero-order valence-electron chi connectivity index (χ0n) is 71.4. The SMILES string of the molecule is CC.CC.CC.CC.CC.CC.CC.CC.CC.CC.CC.CC.c1ccc2c(c1)Cc1cccc3c1C2c1ccccc1C3.c1ccc2c(c1)Cc1cccc3c1C2c1ccccc1C3.c1ccc2c(c1)Cc1cccc3c1C2c1ccccc1C3.c1ccc2c(c1)Cc1cccc3c1C2c1ccccc1C3. The van der Waals surface area contributed by atoms with Gasteiger partial charge >= 0.3 is 0 Å². The van der Waals surface area contributed by atoms with E-state index in [1.54, 1.807) is 22.3 Å². The molecule has 0 atom stereocenters. The lowest BCUT2D eigenvalue weighted by Crippen LogP contribution is -2.21. The summed E-state index contributed by atoms with van der Waals surface area (Å²) >= 11 is 0. The number of rotatable bonds is 0. The molecule has 0 heterocycles. The molecule has 8 aliphatic carbocycles. The Morgan fingerprint density at radius 2 is 0.213 bits per heavy atom. The minimum atomic E-state index is 0.436. The smallest absolute Gasteiger partial charge is 0.0351 e. The van der Waals surface area contributed by atoms with Crippen LogP contribution in [0.5, 0.6) is 0 Å². The molecule has 0 spiro atoms. The molecule has 0 amide bonds. The highest BCUT2D eigenvalue weighted by Gasteiger charge is 2.37. The van der Waals surface area contributed by atoms with Crippen molar-refractivity contribution in [2.24, 2.45) is 0 Å². The summed E-state index contributed by atoms with van der Waals surface area (Å²) in [4.78, 5) is 0. The first-order valence-corrected chi connectivity index (χ1v) is 42.7. The van der Waals surface area contributed by atoms with Crippen LogP contribution in [0.4, 0.5) is 0 Å². The minimum absolute atomic E-state index is 0.436. The summed E-state index contributed by atoms with van der Waals surface area (Å²) in [6.45, 7) is 48.0. The van der Waals surface area contributed by atoms with Crippen LogP contribution in [0.15, 0.2) is 267 Å². The van der Waals surface area contributed by atoms with Crippen LogP contribution in [0, 0.1) is 0 Å². The van der Waals surface area contributed by atoms with Crippen molar-refractivity contribution in [2.45, 2.75) is 241 Å². The van der Waals surface area contributed by atoms with Crippen LogP contribution in [0.3, 0.4) is 0 Å². The van der Waals surface area contributed by atoms with E-state index in [1.165, 1.54) is 134 Å². The van der Waals surface area contributed by atoms with E-state index < -0.39 is 0 Å². The molecule has 12 aromatic carbocycles. The lowest BCUT2D eigenvalue weighted by atomic mass is 9.68. The first-order chi connectivity index (χ1) is 53.7. The van der Waals surface area contributed by atoms with Crippen molar-refractivity contribution in [3.05, 3.63) is 423 Å². The second-order valence-electron chi connectivity index (χ2n) is 24.7. The van der Waals surface area contributed by atoms with Crippen molar-refractivity contribution in [1.29, 1.82) is 0 Å². The quantitative estimate of drug-likeness (QED) is 0.142. The van der Waals surface area contributed by atoms with Crippen LogP contribution in [0.2, 0.25) is 0 Å². The monoisotopic (exact) mass is 1430 g/mol. The third-order valence-electron chi connectivity index (χ3n) is 20.3. The Kier molecular flexibility index (Phi) is 39.2. The van der Waals surface area contributed by atoms with Gasteiger partial charge in [-0.3, -0.25) is 0 Å². The Labute approximate surface area is 659 Å². The third kappa shape index (κ3) is 19.2. The predicted molar refractivity (Wildman–Crippen MR) is 480 cm³/mol. The molecule has 0 N–H and O–H groups in total. The summed E-state index contributed by atoms with van der Waals surface area (Å²) in [6.07, 6.45) is 8.65. The Hall–Kier alpha value is -9.36. The molecule has 12 aromatic rings. The first-order valence-electron chi connectivity index (χ1n) is 42.7. The summed E-state index contributed by atoms with van der Waals surface area (Å²) in [6, 6.07) is 99.2. The van der Waals surface area contributed by atoms with E-state index in [1.807, 2.05) is 166 Å². The van der Waals surface area contributed by atoms with E-state index in [0.29, 0.717) is 23.7 Å². The molecule has 20 rings (SSSR count). The van der Waals surface area contributed by atoms with Gasteiger partial charge in [-0.15, -0.1) is 0 Å². The second-order valence-corrected chi connectivity index (χ2v) is 24.7. The van der Waals surface area contributed by atoms with E-state index in [-0.39, 0.29) is 0 Å². The molecule has 0 heteroatoms. The van der Waals surface area contributed by atoms with Gasteiger partial charge in [0.25, 0.3) is 0 Å². The molecule has 0 saturated heterocycles. The normalized spacial score (nSPS) is 12.4. The van der Waals surface area contributed by atoms with Crippen LogP contribution in [-0.4, -0.2) is 0 Å². The van der Waals surface area contributed by atoms with Gasteiger partial charge in [0, 0.05) is 23.7 Å². The van der Waals surface area contributed by atoms with Crippen LogP contribution in [-0.2, 0) is 51.4 Å². The molecule has 0 aromatic heterocycles. The summed E-state index contributed by atoms with van der Waals surface area (Å²) in [5, 5.41) is 0. The minimum Gasteiger partial charge on any atom is -0.0683 e. The number of hydrogen-bond acceptors (Lipinski definition) is 0. The Bertz CT molecular complexity index is 3740. The summed E-state index contributed by atoms with van der Waals surface area (Å²) in [7, 11) is 0. The highest BCUT2D eigenvalue weighted by atomic mass is 14.4. The zero-order valence-corrected chi connectivity index (χ0v) is 71.4. The van der Waals surface area contributed by atoms with Crippen molar-refractivity contribution in [3.63, 3.8) is 0 Å². The lowest BCUT2D eigenvalue weighted by molar-refractivity contribution is 0.825. The van der Waals surface area contributed by atoms with Crippen LogP contribution >= 0.6 is 0 Å². The number of fused-ring (bicyclic) bond motifs is 16. The highest BCUT2D eigenvalue weighted by Crippen LogP contribution is 2.51. The Morgan fingerprint density at radius 3 is 0.324 bits per heavy atom. The molecular formula is C108H136.